The van der Waals surface area contributed by atoms with Crippen molar-refractivity contribution in [3.05, 3.63) is 19.1 Å². The van der Waals surface area contributed by atoms with Gasteiger partial charge in [-0.1, -0.05) is 26.3 Å². The highest BCUT2D eigenvalue weighted by atomic mass is 16.5. The van der Waals surface area contributed by atoms with E-state index in [2.05, 4.69) is 19.9 Å². The van der Waals surface area contributed by atoms with E-state index in [9.17, 15) is 4.79 Å². The van der Waals surface area contributed by atoms with E-state index in [0.29, 0.717) is 6.61 Å². The summed E-state index contributed by atoms with van der Waals surface area (Å²) >= 11 is 0. The number of carbonyl (C=O) groups excluding carboxylic acids is 1. The highest BCUT2D eigenvalue weighted by Gasteiger charge is 1.93. The summed E-state index contributed by atoms with van der Waals surface area (Å²) in [5.41, 5.74) is 0. The Morgan fingerprint density at radius 3 is 2.82 bits per heavy atom. The standard InChI is InChI=1S/C9H15O2/c1-3-5-6-7-8-11-9(10)4-2/h4,6H,2-3,5,7-8H2,1H3. The Kier molecular flexibility index (Phi) is 6.79. The summed E-state index contributed by atoms with van der Waals surface area (Å²) in [5, 5.41) is 0. The van der Waals surface area contributed by atoms with E-state index in [0.717, 1.165) is 19.3 Å². The van der Waals surface area contributed by atoms with Crippen molar-refractivity contribution in [1.29, 1.82) is 0 Å². The summed E-state index contributed by atoms with van der Waals surface area (Å²) in [6, 6.07) is 0. The fourth-order valence-corrected chi connectivity index (χ4v) is 0.650. The maximum Gasteiger partial charge on any atom is 0.330 e. The number of esters is 1. The summed E-state index contributed by atoms with van der Waals surface area (Å²) in [4.78, 5) is 10.5. The van der Waals surface area contributed by atoms with Gasteiger partial charge in [0.15, 0.2) is 0 Å². The third-order valence-electron chi connectivity index (χ3n) is 1.23. The van der Waals surface area contributed by atoms with Gasteiger partial charge in [0.2, 0.25) is 0 Å². The maximum atomic E-state index is 10.5. The first-order chi connectivity index (χ1) is 5.31. The molecule has 0 unspecified atom stereocenters. The summed E-state index contributed by atoms with van der Waals surface area (Å²) in [5.74, 6) is -0.338. The SMILES string of the molecule is C=CC(=O)OCC[CH]CCC. The van der Waals surface area contributed by atoms with Crippen LogP contribution in [0.25, 0.3) is 0 Å². The van der Waals surface area contributed by atoms with E-state index in [4.69, 9.17) is 4.74 Å². The van der Waals surface area contributed by atoms with Crippen LogP contribution in [0.1, 0.15) is 26.2 Å². The van der Waals surface area contributed by atoms with Gasteiger partial charge in [-0.15, -0.1) is 0 Å². The lowest BCUT2D eigenvalue weighted by Crippen LogP contribution is -2.01. The molecule has 1 radical (unpaired) electrons. The van der Waals surface area contributed by atoms with Crippen molar-refractivity contribution in [1.82, 2.24) is 0 Å². The topological polar surface area (TPSA) is 26.3 Å². The molecule has 0 aromatic heterocycles. The van der Waals surface area contributed by atoms with Gasteiger partial charge in [0.25, 0.3) is 0 Å². The molecule has 0 rings (SSSR count). The van der Waals surface area contributed by atoms with Crippen molar-refractivity contribution >= 4 is 5.97 Å². The Hall–Kier alpha value is -0.790. The minimum absolute atomic E-state index is 0.338. The molecule has 0 heterocycles. The van der Waals surface area contributed by atoms with Crippen LogP contribution in [0.3, 0.4) is 0 Å². The molecule has 2 nitrogen and oxygen atoms in total. The van der Waals surface area contributed by atoms with Gasteiger partial charge in [-0.05, 0) is 12.8 Å². The molecule has 0 saturated heterocycles. The zero-order chi connectivity index (χ0) is 8.53. The number of hydrogen-bond acceptors (Lipinski definition) is 2. The van der Waals surface area contributed by atoms with Crippen LogP contribution in [0.15, 0.2) is 12.7 Å². The van der Waals surface area contributed by atoms with Crippen molar-refractivity contribution in [3.8, 4) is 0 Å². The van der Waals surface area contributed by atoms with Crippen molar-refractivity contribution < 1.29 is 9.53 Å². The van der Waals surface area contributed by atoms with Crippen molar-refractivity contribution in [2.45, 2.75) is 26.2 Å². The van der Waals surface area contributed by atoms with Gasteiger partial charge in [-0.25, -0.2) is 4.79 Å². The van der Waals surface area contributed by atoms with Gasteiger partial charge in [0.1, 0.15) is 0 Å². The van der Waals surface area contributed by atoms with Crippen molar-refractivity contribution in [2.24, 2.45) is 0 Å². The molecule has 0 fully saturated rings. The zero-order valence-corrected chi connectivity index (χ0v) is 7.01. The molecule has 11 heavy (non-hydrogen) atoms. The first-order valence-electron chi connectivity index (χ1n) is 3.92. The van der Waals surface area contributed by atoms with E-state index in [-0.39, 0.29) is 5.97 Å². The van der Waals surface area contributed by atoms with Gasteiger partial charge in [-0.3, -0.25) is 0 Å². The van der Waals surface area contributed by atoms with Crippen molar-refractivity contribution in [2.75, 3.05) is 6.61 Å². The van der Waals surface area contributed by atoms with Crippen LogP contribution < -0.4 is 0 Å². The lowest BCUT2D eigenvalue weighted by atomic mass is 10.2. The number of unbranched alkanes of at least 4 members (excludes halogenated alkanes) is 3. The molecular formula is C9H15O2. The van der Waals surface area contributed by atoms with Crippen molar-refractivity contribution in [3.63, 3.8) is 0 Å². The van der Waals surface area contributed by atoms with Gasteiger partial charge in [0.05, 0.1) is 6.61 Å². The molecule has 0 amide bonds. The van der Waals surface area contributed by atoms with Crippen LogP contribution in [0.2, 0.25) is 0 Å². The van der Waals surface area contributed by atoms with Crippen LogP contribution >= 0.6 is 0 Å². The number of carbonyl (C=O) groups is 1. The smallest absolute Gasteiger partial charge is 0.330 e. The lowest BCUT2D eigenvalue weighted by Gasteiger charge is -1.99. The molecule has 2 heteroatoms. The number of hydrogen-bond donors (Lipinski definition) is 0. The average Bonchev–Trinajstić information content (AvgIpc) is 2.04. The minimum Gasteiger partial charge on any atom is -0.463 e. The molecule has 0 bridgehead atoms. The molecule has 0 N–H and O–H groups in total. The first kappa shape index (κ1) is 10.2. The Balaban J connectivity index is 3.01. The molecule has 63 valence electrons. The van der Waals surface area contributed by atoms with Crippen LogP contribution in [-0.4, -0.2) is 12.6 Å². The summed E-state index contributed by atoms with van der Waals surface area (Å²) in [7, 11) is 0. The Bertz CT molecular complexity index is 119. The van der Waals surface area contributed by atoms with Crippen LogP contribution in [0.5, 0.6) is 0 Å². The van der Waals surface area contributed by atoms with E-state index in [1.54, 1.807) is 0 Å². The Labute approximate surface area is 68.2 Å². The zero-order valence-electron chi connectivity index (χ0n) is 7.01. The normalized spacial score (nSPS) is 9.18. The first-order valence-corrected chi connectivity index (χ1v) is 3.92. The predicted octanol–water partition coefficient (Wildman–Crippen LogP) is 2.11. The Morgan fingerprint density at radius 1 is 1.55 bits per heavy atom. The summed E-state index contributed by atoms with van der Waals surface area (Å²) in [6.45, 7) is 5.89. The quantitative estimate of drug-likeness (QED) is 0.333. The summed E-state index contributed by atoms with van der Waals surface area (Å²) in [6.07, 6.45) is 6.38. The Morgan fingerprint density at radius 2 is 2.27 bits per heavy atom. The fraction of sp³-hybridized carbons (Fsp3) is 0.556. The second kappa shape index (κ2) is 7.32. The van der Waals surface area contributed by atoms with Gasteiger partial charge in [0, 0.05) is 6.08 Å². The number of rotatable bonds is 6. The monoisotopic (exact) mass is 155 g/mol. The van der Waals surface area contributed by atoms with E-state index < -0.39 is 0 Å². The maximum absolute atomic E-state index is 10.5. The largest absolute Gasteiger partial charge is 0.463 e. The number of ether oxygens (including phenoxy) is 1. The molecule has 0 aromatic carbocycles. The third-order valence-corrected chi connectivity index (χ3v) is 1.23. The average molecular weight is 155 g/mol. The van der Waals surface area contributed by atoms with E-state index in [1.807, 2.05) is 0 Å². The molecule has 0 spiro atoms. The van der Waals surface area contributed by atoms with Gasteiger partial charge >= 0.3 is 5.97 Å². The minimum atomic E-state index is -0.338. The van der Waals surface area contributed by atoms with Gasteiger partial charge < -0.3 is 4.74 Å². The van der Waals surface area contributed by atoms with Crippen LogP contribution in [-0.2, 0) is 9.53 Å². The molecule has 0 aliphatic rings. The van der Waals surface area contributed by atoms with Crippen LogP contribution in [0, 0.1) is 6.42 Å². The van der Waals surface area contributed by atoms with Crippen LogP contribution in [0.4, 0.5) is 0 Å². The molecule has 0 saturated carbocycles. The molecule has 0 aliphatic heterocycles. The van der Waals surface area contributed by atoms with E-state index >= 15 is 0 Å². The molecular weight excluding hydrogens is 140 g/mol. The summed E-state index contributed by atoms with van der Waals surface area (Å²) < 4.78 is 4.75. The fourth-order valence-electron chi connectivity index (χ4n) is 0.650. The second-order valence-electron chi connectivity index (χ2n) is 2.24. The lowest BCUT2D eigenvalue weighted by molar-refractivity contribution is -0.137. The highest BCUT2D eigenvalue weighted by molar-refractivity contribution is 5.81. The molecule has 0 aliphatic carbocycles. The predicted molar refractivity (Wildman–Crippen MR) is 45.0 cm³/mol. The molecule has 0 atom stereocenters. The third kappa shape index (κ3) is 7.10. The second-order valence-corrected chi connectivity index (χ2v) is 2.24. The van der Waals surface area contributed by atoms with E-state index in [1.165, 1.54) is 6.08 Å². The van der Waals surface area contributed by atoms with Gasteiger partial charge in [-0.2, -0.15) is 0 Å². The highest BCUT2D eigenvalue weighted by Crippen LogP contribution is 1.97. The molecule has 0 aromatic rings.